The first-order chi connectivity index (χ1) is 7.40. The molecule has 0 unspecified atom stereocenters. The van der Waals surface area contributed by atoms with Crippen molar-refractivity contribution in [1.82, 2.24) is 0 Å². The van der Waals surface area contributed by atoms with Crippen molar-refractivity contribution in [2.24, 2.45) is 4.99 Å². The zero-order valence-corrected chi connectivity index (χ0v) is 10.3. The lowest BCUT2D eigenvalue weighted by Crippen LogP contribution is -2.17. The zero-order chi connectivity index (χ0) is 12.3. The Hall–Kier alpha value is -0.960. The first-order valence-corrected chi connectivity index (χ1v) is 5.41. The normalized spacial score (nSPS) is 22.4. The van der Waals surface area contributed by atoms with Crippen LogP contribution in [0.2, 0.25) is 0 Å². The highest BCUT2D eigenvalue weighted by molar-refractivity contribution is 6.33. The SMILES string of the molecule is CC/C(Cl)=C1/C=CC(C(C)(F)F)=CC1=NC. The molecule has 16 heavy (non-hydrogen) atoms. The fourth-order valence-corrected chi connectivity index (χ4v) is 1.57. The van der Waals surface area contributed by atoms with Crippen molar-refractivity contribution >= 4 is 17.3 Å². The lowest BCUT2D eigenvalue weighted by atomic mass is 9.96. The van der Waals surface area contributed by atoms with Crippen LogP contribution < -0.4 is 0 Å². The van der Waals surface area contributed by atoms with E-state index in [-0.39, 0.29) is 5.57 Å². The summed E-state index contributed by atoms with van der Waals surface area (Å²) in [7, 11) is 1.57. The van der Waals surface area contributed by atoms with Gasteiger partial charge in [0.15, 0.2) is 0 Å². The molecule has 0 bridgehead atoms. The van der Waals surface area contributed by atoms with Crippen LogP contribution in [0.5, 0.6) is 0 Å². The third kappa shape index (κ3) is 2.79. The van der Waals surface area contributed by atoms with Crippen LogP contribution in [0.25, 0.3) is 0 Å². The highest BCUT2D eigenvalue weighted by Gasteiger charge is 2.28. The second-order valence-corrected chi connectivity index (χ2v) is 4.06. The summed E-state index contributed by atoms with van der Waals surface area (Å²) in [6, 6.07) is 0. The quantitative estimate of drug-likeness (QED) is 0.694. The Morgan fingerprint density at radius 1 is 1.44 bits per heavy atom. The van der Waals surface area contributed by atoms with Crippen molar-refractivity contribution in [2.75, 3.05) is 7.05 Å². The van der Waals surface area contributed by atoms with Crippen molar-refractivity contribution in [3.8, 4) is 0 Å². The van der Waals surface area contributed by atoms with E-state index in [0.717, 1.165) is 12.5 Å². The van der Waals surface area contributed by atoms with Crippen molar-refractivity contribution in [1.29, 1.82) is 0 Å². The van der Waals surface area contributed by atoms with Gasteiger partial charge in [-0.1, -0.05) is 30.7 Å². The number of hydrogen-bond acceptors (Lipinski definition) is 1. The molecular formula is C12H14ClF2N. The van der Waals surface area contributed by atoms with Crippen LogP contribution in [0.1, 0.15) is 20.3 Å². The Balaban J connectivity index is 3.17. The summed E-state index contributed by atoms with van der Waals surface area (Å²) in [5, 5.41) is 0.631. The molecule has 0 heterocycles. The molecule has 0 spiro atoms. The van der Waals surface area contributed by atoms with E-state index in [1.807, 2.05) is 6.92 Å². The van der Waals surface area contributed by atoms with Crippen molar-refractivity contribution in [3.05, 3.63) is 34.4 Å². The Morgan fingerprint density at radius 3 is 2.50 bits per heavy atom. The number of allylic oxidation sites excluding steroid dienone is 6. The molecule has 0 atom stereocenters. The molecule has 0 saturated carbocycles. The maximum Gasteiger partial charge on any atom is 0.270 e. The second kappa shape index (κ2) is 4.91. The van der Waals surface area contributed by atoms with Gasteiger partial charge in [-0.25, -0.2) is 8.78 Å². The van der Waals surface area contributed by atoms with Gasteiger partial charge in [0, 0.05) is 30.1 Å². The number of aliphatic imine (C=N–C) groups is 1. The van der Waals surface area contributed by atoms with E-state index >= 15 is 0 Å². The maximum atomic E-state index is 13.1. The van der Waals surface area contributed by atoms with Gasteiger partial charge < -0.3 is 0 Å². The molecule has 0 aliphatic heterocycles. The van der Waals surface area contributed by atoms with Crippen LogP contribution in [-0.2, 0) is 0 Å². The van der Waals surface area contributed by atoms with Crippen LogP contribution in [0, 0.1) is 0 Å². The van der Waals surface area contributed by atoms with E-state index in [1.54, 1.807) is 13.1 Å². The zero-order valence-electron chi connectivity index (χ0n) is 9.52. The van der Waals surface area contributed by atoms with Crippen LogP contribution >= 0.6 is 11.6 Å². The summed E-state index contributed by atoms with van der Waals surface area (Å²) in [5.74, 6) is -2.85. The van der Waals surface area contributed by atoms with Crippen LogP contribution in [0.4, 0.5) is 8.78 Å². The highest BCUT2D eigenvalue weighted by Crippen LogP contribution is 2.30. The minimum atomic E-state index is -2.85. The molecule has 1 nitrogen and oxygen atoms in total. The highest BCUT2D eigenvalue weighted by atomic mass is 35.5. The van der Waals surface area contributed by atoms with E-state index in [2.05, 4.69) is 4.99 Å². The van der Waals surface area contributed by atoms with Gasteiger partial charge in [-0.15, -0.1) is 0 Å². The van der Waals surface area contributed by atoms with Gasteiger partial charge in [-0.3, -0.25) is 4.99 Å². The lowest BCUT2D eigenvalue weighted by molar-refractivity contribution is 0.0676. The van der Waals surface area contributed by atoms with E-state index in [4.69, 9.17) is 11.6 Å². The number of halogens is 3. The molecule has 1 aliphatic rings. The standard InChI is InChI=1S/C12H14ClF2N/c1-4-10(13)9-6-5-8(12(2,14)15)7-11(9)16-3/h5-7H,4H2,1-3H3/b10-9+,16-11?. The largest absolute Gasteiger partial charge is 0.288 e. The summed E-state index contributed by atoms with van der Waals surface area (Å²) < 4.78 is 26.2. The van der Waals surface area contributed by atoms with Gasteiger partial charge >= 0.3 is 0 Å². The number of alkyl halides is 2. The molecule has 4 heteroatoms. The van der Waals surface area contributed by atoms with Gasteiger partial charge in [-0.05, 0) is 12.5 Å². The van der Waals surface area contributed by atoms with Crippen LogP contribution in [-0.4, -0.2) is 18.7 Å². The summed E-state index contributed by atoms with van der Waals surface area (Å²) in [6.07, 6.45) is 5.03. The van der Waals surface area contributed by atoms with E-state index < -0.39 is 5.92 Å². The van der Waals surface area contributed by atoms with Gasteiger partial charge in [0.25, 0.3) is 5.92 Å². The average molecular weight is 246 g/mol. The van der Waals surface area contributed by atoms with Crippen molar-refractivity contribution in [2.45, 2.75) is 26.2 Å². The molecule has 0 aromatic carbocycles. The van der Waals surface area contributed by atoms with Crippen LogP contribution in [0.3, 0.4) is 0 Å². The van der Waals surface area contributed by atoms with Crippen molar-refractivity contribution in [3.63, 3.8) is 0 Å². The molecule has 88 valence electrons. The summed E-state index contributed by atoms with van der Waals surface area (Å²) in [6.45, 7) is 2.77. The molecule has 0 N–H and O–H groups in total. The first kappa shape index (κ1) is 13.1. The molecule has 1 rings (SSSR count). The minimum Gasteiger partial charge on any atom is -0.288 e. The van der Waals surface area contributed by atoms with Gasteiger partial charge in [-0.2, -0.15) is 0 Å². The number of rotatable bonds is 2. The smallest absolute Gasteiger partial charge is 0.270 e. The Morgan fingerprint density at radius 2 is 2.06 bits per heavy atom. The second-order valence-electron chi connectivity index (χ2n) is 3.60. The van der Waals surface area contributed by atoms with E-state index in [0.29, 0.717) is 17.2 Å². The molecule has 0 saturated heterocycles. The molecule has 0 aromatic rings. The molecule has 0 fully saturated rings. The Kier molecular flexibility index (Phi) is 4.03. The van der Waals surface area contributed by atoms with E-state index in [9.17, 15) is 8.78 Å². The monoisotopic (exact) mass is 245 g/mol. The van der Waals surface area contributed by atoms with Gasteiger partial charge in [0.2, 0.25) is 0 Å². The first-order valence-electron chi connectivity index (χ1n) is 5.04. The predicted molar refractivity (Wildman–Crippen MR) is 64.4 cm³/mol. The maximum absolute atomic E-state index is 13.1. The topological polar surface area (TPSA) is 12.4 Å². The Bertz CT molecular complexity index is 398. The van der Waals surface area contributed by atoms with Gasteiger partial charge in [0.1, 0.15) is 0 Å². The van der Waals surface area contributed by atoms with Crippen LogP contribution in [0.15, 0.2) is 39.4 Å². The number of hydrogen-bond donors (Lipinski definition) is 0. The van der Waals surface area contributed by atoms with Crippen molar-refractivity contribution < 1.29 is 8.78 Å². The molecule has 1 aliphatic carbocycles. The third-order valence-electron chi connectivity index (χ3n) is 2.35. The molecular weight excluding hydrogens is 232 g/mol. The molecule has 0 amide bonds. The predicted octanol–water partition coefficient (Wildman–Crippen LogP) is 4.11. The average Bonchev–Trinajstić information content (AvgIpc) is 2.26. The molecule has 0 radical (unpaired) electrons. The number of nitrogens with zero attached hydrogens (tertiary/aromatic N) is 1. The summed E-state index contributed by atoms with van der Waals surface area (Å²) in [5.41, 5.74) is 1.18. The minimum absolute atomic E-state index is 0.0441. The fraction of sp³-hybridized carbons (Fsp3) is 0.417. The summed E-state index contributed by atoms with van der Waals surface area (Å²) >= 11 is 6.01. The fourth-order valence-electron chi connectivity index (χ4n) is 1.41. The lowest BCUT2D eigenvalue weighted by Gasteiger charge is -2.17. The van der Waals surface area contributed by atoms with E-state index in [1.165, 1.54) is 12.2 Å². The Labute approximate surface area is 99.2 Å². The van der Waals surface area contributed by atoms with Gasteiger partial charge in [0.05, 0.1) is 5.71 Å². The third-order valence-corrected chi connectivity index (χ3v) is 2.82. The molecule has 0 aromatic heterocycles. The summed E-state index contributed by atoms with van der Waals surface area (Å²) in [4.78, 5) is 3.98.